The van der Waals surface area contributed by atoms with Crippen LogP contribution < -0.4 is 11.1 Å². The monoisotopic (exact) mass is 263 g/mol. The number of nitrogens with zero attached hydrogens (tertiary/aromatic N) is 3. The number of nitrogens with one attached hydrogen (secondary N) is 1. The summed E-state index contributed by atoms with van der Waals surface area (Å²) in [5, 5.41) is 4.33. The maximum Gasteiger partial charge on any atom is 0.135 e. The molecule has 0 bridgehead atoms. The van der Waals surface area contributed by atoms with E-state index in [1.165, 1.54) is 11.2 Å². The van der Waals surface area contributed by atoms with Gasteiger partial charge in [0, 0.05) is 16.6 Å². The van der Waals surface area contributed by atoms with Crippen molar-refractivity contribution >= 4 is 23.0 Å². The third-order valence-corrected chi connectivity index (χ3v) is 3.47. The minimum atomic E-state index is 0.560. The molecule has 0 aromatic carbocycles. The molecular formula is C12H17N5S. The highest BCUT2D eigenvalue weighted by molar-refractivity contribution is 7.11. The van der Waals surface area contributed by atoms with Crippen molar-refractivity contribution < 1.29 is 0 Å². The Morgan fingerprint density at radius 3 is 2.83 bits per heavy atom. The molecule has 2 heterocycles. The van der Waals surface area contributed by atoms with Gasteiger partial charge in [-0.15, -0.1) is 11.3 Å². The lowest BCUT2D eigenvalue weighted by Crippen LogP contribution is -2.08. The molecule has 0 atom stereocenters. The molecule has 0 unspecified atom stereocenters. The highest BCUT2D eigenvalue weighted by Gasteiger charge is 2.08. The Balaban J connectivity index is 2.11. The van der Waals surface area contributed by atoms with Crippen LogP contribution in [0.15, 0.2) is 12.5 Å². The molecule has 6 heteroatoms. The fourth-order valence-electron chi connectivity index (χ4n) is 1.72. The number of nitrogen functional groups attached to an aromatic ring is 1. The summed E-state index contributed by atoms with van der Waals surface area (Å²) in [6.07, 6.45) is 5.27. The smallest absolute Gasteiger partial charge is 0.135 e. The summed E-state index contributed by atoms with van der Waals surface area (Å²) in [6.45, 7) is 4.83. The maximum absolute atomic E-state index is 5.88. The number of aryl methyl sites for hydroxylation is 1. The lowest BCUT2D eigenvalue weighted by molar-refractivity contribution is 0.901. The first-order valence-corrected chi connectivity index (χ1v) is 6.77. The molecule has 96 valence electrons. The number of hydrogen-bond acceptors (Lipinski definition) is 6. The molecule has 0 spiro atoms. The maximum atomic E-state index is 5.88. The van der Waals surface area contributed by atoms with Crippen LogP contribution in [-0.4, -0.2) is 15.0 Å². The molecule has 0 aliphatic heterocycles. The largest absolute Gasteiger partial charge is 0.383 e. The summed E-state index contributed by atoms with van der Waals surface area (Å²) >= 11 is 1.68. The van der Waals surface area contributed by atoms with Crippen molar-refractivity contribution in [1.29, 1.82) is 0 Å². The summed E-state index contributed by atoms with van der Waals surface area (Å²) < 4.78 is 0. The SMILES string of the molecule is CCCc1c(N)ncnc1NCc1ncc(C)s1. The number of aromatic nitrogens is 3. The second-order valence-corrected chi connectivity index (χ2v) is 5.37. The lowest BCUT2D eigenvalue weighted by Gasteiger charge is -2.10. The Bertz CT molecular complexity index is 523. The van der Waals surface area contributed by atoms with E-state index in [2.05, 4.69) is 27.2 Å². The zero-order chi connectivity index (χ0) is 13.0. The first-order valence-electron chi connectivity index (χ1n) is 5.95. The zero-order valence-electron chi connectivity index (χ0n) is 10.6. The van der Waals surface area contributed by atoms with Gasteiger partial charge in [0.05, 0.1) is 6.54 Å². The Morgan fingerprint density at radius 2 is 2.17 bits per heavy atom. The molecule has 0 aliphatic carbocycles. The zero-order valence-corrected chi connectivity index (χ0v) is 11.4. The average molecular weight is 263 g/mol. The highest BCUT2D eigenvalue weighted by Crippen LogP contribution is 2.20. The molecule has 2 aromatic rings. The third-order valence-electron chi connectivity index (χ3n) is 2.55. The van der Waals surface area contributed by atoms with Crippen molar-refractivity contribution in [3.8, 4) is 0 Å². The Labute approximate surface area is 111 Å². The van der Waals surface area contributed by atoms with Crippen LogP contribution >= 0.6 is 11.3 Å². The molecule has 2 rings (SSSR count). The molecule has 0 amide bonds. The van der Waals surface area contributed by atoms with E-state index >= 15 is 0 Å². The number of anilines is 2. The molecule has 5 nitrogen and oxygen atoms in total. The summed E-state index contributed by atoms with van der Waals surface area (Å²) in [5.41, 5.74) is 6.87. The number of rotatable bonds is 5. The van der Waals surface area contributed by atoms with Crippen LogP contribution in [0.3, 0.4) is 0 Å². The average Bonchev–Trinajstić information content (AvgIpc) is 2.76. The summed E-state index contributed by atoms with van der Waals surface area (Å²) in [5.74, 6) is 1.38. The van der Waals surface area contributed by atoms with Gasteiger partial charge in [-0.1, -0.05) is 13.3 Å². The molecule has 0 radical (unpaired) electrons. The van der Waals surface area contributed by atoms with E-state index < -0.39 is 0 Å². The molecular weight excluding hydrogens is 246 g/mol. The Hall–Kier alpha value is -1.69. The minimum Gasteiger partial charge on any atom is -0.383 e. The third kappa shape index (κ3) is 2.95. The van der Waals surface area contributed by atoms with Gasteiger partial charge in [-0.2, -0.15) is 0 Å². The van der Waals surface area contributed by atoms with E-state index in [1.54, 1.807) is 11.3 Å². The van der Waals surface area contributed by atoms with Gasteiger partial charge in [0.1, 0.15) is 23.0 Å². The van der Waals surface area contributed by atoms with Crippen molar-refractivity contribution in [1.82, 2.24) is 15.0 Å². The van der Waals surface area contributed by atoms with E-state index in [4.69, 9.17) is 5.73 Å². The molecule has 0 saturated carbocycles. The summed E-state index contributed by atoms with van der Waals surface area (Å²) in [7, 11) is 0. The number of hydrogen-bond donors (Lipinski definition) is 2. The first kappa shape index (κ1) is 12.8. The molecule has 18 heavy (non-hydrogen) atoms. The molecule has 0 aliphatic rings. The van der Waals surface area contributed by atoms with Gasteiger partial charge < -0.3 is 11.1 Å². The van der Waals surface area contributed by atoms with Crippen molar-refractivity contribution in [3.05, 3.63) is 28.0 Å². The van der Waals surface area contributed by atoms with Gasteiger partial charge >= 0.3 is 0 Å². The summed E-state index contributed by atoms with van der Waals surface area (Å²) in [6, 6.07) is 0. The van der Waals surface area contributed by atoms with Gasteiger partial charge in [0.2, 0.25) is 0 Å². The molecule has 2 aromatic heterocycles. The van der Waals surface area contributed by atoms with Crippen molar-refractivity contribution in [2.75, 3.05) is 11.1 Å². The molecule has 0 fully saturated rings. The lowest BCUT2D eigenvalue weighted by atomic mass is 10.1. The minimum absolute atomic E-state index is 0.560. The second-order valence-electron chi connectivity index (χ2n) is 4.05. The van der Waals surface area contributed by atoms with Crippen LogP contribution in [0, 0.1) is 6.92 Å². The standard InChI is InChI=1S/C12H17N5S/c1-3-4-9-11(13)16-7-17-12(9)15-6-10-14-5-8(2)18-10/h5,7H,3-4,6H2,1-2H3,(H3,13,15,16,17). The van der Waals surface area contributed by atoms with E-state index in [1.807, 2.05) is 13.1 Å². The van der Waals surface area contributed by atoms with E-state index in [-0.39, 0.29) is 0 Å². The van der Waals surface area contributed by atoms with Crippen molar-refractivity contribution in [3.63, 3.8) is 0 Å². The number of nitrogens with two attached hydrogens (primary N) is 1. The van der Waals surface area contributed by atoms with Crippen molar-refractivity contribution in [2.24, 2.45) is 0 Å². The van der Waals surface area contributed by atoms with Gasteiger partial charge in [-0.05, 0) is 13.3 Å². The van der Waals surface area contributed by atoms with Crippen LogP contribution in [-0.2, 0) is 13.0 Å². The first-order chi connectivity index (χ1) is 8.70. The van der Waals surface area contributed by atoms with Crippen LogP contribution in [0.2, 0.25) is 0 Å². The van der Waals surface area contributed by atoms with Crippen molar-refractivity contribution in [2.45, 2.75) is 33.2 Å². The van der Waals surface area contributed by atoms with Crippen LogP contribution in [0.5, 0.6) is 0 Å². The second kappa shape index (κ2) is 5.77. The van der Waals surface area contributed by atoms with Crippen LogP contribution in [0.1, 0.15) is 28.8 Å². The quantitative estimate of drug-likeness (QED) is 0.866. The van der Waals surface area contributed by atoms with Gasteiger partial charge in [0.25, 0.3) is 0 Å². The topological polar surface area (TPSA) is 76.7 Å². The van der Waals surface area contributed by atoms with E-state index in [0.29, 0.717) is 12.4 Å². The fourth-order valence-corrected chi connectivity index (χ4v) is 2.44. The summed E-state index contributed by atoms with van der Waals surface area (Å²) in [4.78, 5) is 13.8. The van der Waals surface area contributed by atoms with Gasteiger partial charge in [-0.3, -0.25) is 0 Å². The van der Waals surface area contributed by atoms with Gasteiger partial charge in [-0.25, -0.2) is 15.0 Å². The van der Waals surface area contributed by atoms with E-state index in [9.17, 15) is 0 Å². The normalized spacial score (nSPS) is 10.6. The Morgan fingerprint density at radius 1 is 1.33 bits per heavy atom. The number of thiazole rings is 1. The van der Waals surface area contributed by atoms with Gasteiger partial charge in [0.15, 0.2) is 0 Å². The van der Waals surface area contributed by atoms with Crippen LogP contribution in [0.4, 0.5) is 11.6 Å². The molecule has 3 N–H and O–H groups in total. The predicted molar refractivity (Wildman–Crippen MR) is 74.6 cm³/mol. The Kier molecular flexibility index (Phi) is 4.09. The fraction of sp³-hybridized carbons (Fsp3) is 0.417. The highest BCUT2D eigenvalue weighted by atomic mass is 32.1. The van der Waals surface area contributed by atoms with Crippen LogP contribution in [0.25, 0.3) is 0 Å². The molecule has 0 saturated heterocycles. The van der Waals surface area contributed by atoms with E-state index in [0.717, 1.165) is 29.2 Å². The predicted octanol–water partition coefficient (Wildman–Crippen LogP) is 2.39.